The van der Waals surface area contributed by atoms with Gasteiger partial charge in [-0.05, 0) is 25.5 Å². The third-order valence-corrected chi connectivity index (χ3v) is 2.43. The highest BCUT2D eigenvalue weighted by molar-refractivity contribution is 5.92. The maximum atomic E-state index is 12.9. The smallest absolute Gasteiger partial charge is 0.238 e. The molecule has 0 aromatic heterocycles. The van der Waals surface area contributed by atoms with Crippen LogP contribution in [0.2, 0.25) is 0 Å². The van der Waals surface area contributed by atoms with Crippen molar-refractivity contribution in [1.82, 2.24) is 5.32 Å². The van der Waals surface area contributed by atoms with Gasteiger partial charge in [-0.15, -0.1) is 0 Å². The zero-order chi connectivity index (χ0) is 12.8. The molecular formula is C12H16F2N2O. The van der Waals surface area contributed by atoms with Gasteiger partial charge in [0.25, 0.3) is 0 Å². The van der Waals surface area contributed by atoms with Crippen molar-refractivity contribution < 1.29 is 13.6 Å². The van der Waals surface area contributed by atoms with Gasteiger partial charge in [-0.3, -0.25) is 4.79 Å². The maximum absolute atomic E-state index is 12.9. The molecule has 2 N–H and O–H groups in total. The summed E-state index contributed by atoms with van der Waals surface area (Å²) >= 11 is 0. The zero-order valence-electron chi connectivity index (χ0n) is 9.89. The van der Waals surface area contributed by atoms with Crippen molar-refractivity contribution >= 4 is 11.6 Å². The predicted molar refractivity (Wildman–Crippen MR) is 62.7 cm³/mol. The highest BCUT2D eigenvalue weighted by atomic mass is 19.2. The molecule has 0 aliphatic rings. The van der Waals surface area contributed by atoms with Crippen LogP contribution in [0.5, 0.6) is 0 Å². The van der Waals surface area contributed by atoms with E-state index in [4.69, 9.17) is 0 Å². The number of rotatable bonds is 5. The van der Waals surface area contributed by atoms with Gasteiger partial charge >= 0.3 is 0 Å². The van der Waals surface area contributed by atoms with Crippen molar-refractivity contribution in [2.24, 2.45) is 0 Å². The van der Waals surface area contributed by atoms with E-state index in [-0.39, 0.29) is 24.2 Å². The Bertz CT molecular complexity index is 396. The summed E-state index contributed by atoms with van der Waals surface area (Å²) in [7, 11) is 0. The van der Waals surface area contributed by atoms with Gasteiger partial charge in [-0.1, -0.05) is 6.92 Å². The van der Waals surface area contributed by atoms with Gasteiger partial charge in [-0.25, -0.2) is 8.78 Å². The molecule has 1 atom stereocenters. The van der Waals surface area contributed by atoms with Crippen molar-refractivity contribution in [3.8, 4) is 0 Å². The molecule has 0 aliphatic heterocycles. The minimum Gasteiger partial charge on any atom is -0.325 e. The van der Waals surface area contributed by atoms with Crippen LogP contribution < -0.4 is 10.6 Å². The number of hydrogen-bond acceptors (Lipinski definition) is 2. The monoisotopic (exact) mass is 242 g/mol. The van der Waals surface area contributed by atoms with E-state index in [1.54, 1.807) is 0 Å². The molecule has 3 nitrogen and oxygen atoms in total. The van der Waals surface area contributed by atoms with E-state index in [0.29, 0.717) is 0 Å². The molecule has 0 saturated heterocycles. The Balaban J connectivity index is 2.48. The van der Waals surface area contributed by atoms with E-state index < -0.39 is 11.6 Å². The number of amides is 1. The van der Waals surface area contributed by atoms with Crippen LogP contribution in [0.4, 0.5) is 14.5 Å². The van der Waals surface area contributed by atoms with Crippen molar-refractivity contribution in [3.63, 3.8) is 0 Å². The Hall–Kier alpha value is -1.49. The van der Waals surface area contributed by atoms with Crippen LogP contribution in [0.1, 0.15) is 20.3 Å². The Morgan fingerprint density at radius 3 is 2.65 bits per heavy atom. The lowest BCUT2D eigenvalue weighted by Crippen LogP contribution is -2.33. The maximum Gasteiger partial charge on any atom is 0.238 e. The zero-order valence-corrected chi connectivity index (χ0v) is 9.89. The number of hydrogen-bond donors (Lipinski definition) is 2. The molecule has 5 heteroatoms. The summed E-state index contributed by atoms with van der Waals surface area (Å²) in [6.45, 7) is 4.11. The number of nitrogens with one attached hydrogen (secondary N) is 2. The van der Waals surface area contributed by atoms with E-state index >= 15 is 0 Å². The van der Waals surface area contributed by atoms with Crippen LogP contribution in [0, 0.1) is 11.6 Å². The third-order valence-electron chi connectivity index (χ3n) is 2.43. The van der Waals surface area contributed by atoms with Gasteiger partial charge < -0.3 is 10.6 Å². The number of anilines is 1. The predicted octanol–water partition coefficient (Wildman–Crippen LogP) is 2.29. The molecule has 0 spiro atoms. The largest absolute Gasteiger partial charge is 0.325 e. The lowest BCUT2D eigenvalue weighted by atomic mass is 10.2. The third kappa shape index (κ3) is 4.48. The first kappa shape index (κ1) is 13.6. The van der Waals surface area contributed by atoms with Crippen LogP contribution in [-0.4, -0.2) is 18.5 Å². The van der Waals surface area contributed by atoms with E-state index in [1.807, 2.05) is 13.8 Å². The van der Waals surface area contributed by atoms with Gasteiger partial charge in [0.2, 0.25) is 5.91 Å². The standard InChI is InChI=1S/C12H16F2N2O/c1-3-8(2)15-7-12(17)16-9-4-5-10(13)11(14)6-9/h4-6,8,15H,3,7H2,1-2H3,(H,16,17)/t8-/m0/s1. The minimum absolute atomic E-state index is 0.147. The van der Waals surface area contributed by atoms with Crippen LogP contribution in [0.15, 0.2) is 18.2 Å². The van der Waals surface area contributed by atoms with E-state index in [2.05, 4.69) is 10.6 Å². The second-order valence-electron chi connectivity index (χ2n) is 3.87. The lowest BCUT2D eigenvalue weighted by molar-refractivity contribution is -0.115. The Morgan fingerprint density at radius 2 is 2.06 bits per heavy atom. The summed E-state index contributed by atoms with van der Waals surface area (Å²) in [5.74, 6) is -2.19. The molecule has 94 valence electrons. The molecule has 0 fully saturated rings. The number of carbonyl (C=O) groups excluding carboxylic acids is 1. The average molecular weight is 242 g/mol. The fraction of sp³-hybridized carbons (Fsp3) is 0.417. The van der Waals surface area contributed by atoms with Gasteiger partial charge in [0, 0.05) is 17.8 Å². The molecule has 0 aliphatic carbocycles. The van der Waals surface area contributed by atoms with Crippen LogP contribution in [0.3, 0.4) is 0 Å². The van der Waals surface area contributed by atoms with Crippen molar-refractivity contribution in [3.05, 3.63) is 29.8 Å². The first-order valence-electron chi connectivity index (χ1n) is 5.51. The second-order valence-corrected chi connectivity index (χ2v) is 3.87. The van der Waals surface area contributed by atoms with Gasteiger partial charge in [0.15, 0.2) is 11.6 Å². The van der Waals surface area contributed by atoms with Crippen molar-refractivity contribution in [1.29, 1.82) is 0 Å². The fourth-order valence-electron chi connectivity index (χ4n) is 1.19. The SMILES string of the molecule is CC[C@H](C)NCC(=O)Nc1ccc(F)c(F)c1. The average Bonchev–Trinajstić information content (AvgIpc) is 2.31. The molecule has 17 heavy (non-hydrogen) atoms. The minimum atomic E-state index is -0.974. The molecule has 0 saturated carbocycles. The molecule has 0 radical (unpaired) electrons. The van der Waals surface area contributed by atoms with Crippen LogP contribution in [-0.2, 0) is 4.79 Å². The normalized spacial score (nSPS) is 12.2. The summed E-state index contributed by atoms with van der Waals surface area (Å²) in [5, 5.41) is 5.48. The Labute approximate surface area is 99.2 Å². The van der Waals surface area contributed by atoms with E-state index in [0.717, 1.165) is 18.6 Å². The topological polar surface area (TPSA) is 41.1 Å². The van der Waals surface area contributed by atoms with Crippen molar-refractivity contribution in [2.45, 2.75) is 26.3 Å². The molecular weight excluding hydrogens is 226 g/mol. The van der Waals surface area contributed by atoms with E-state index in [1.165, 1.54) is 6.07 Å². The summed E-state index contributed by atoms with van der Waals surface area (Å²) in [6.07, 6.45) is 0.915. The Kier molecular flexibility index (Phi) is 5.03. The summed E-state index contributed by atoms with van der Waals surface area (Å²) < 4.78 is 25.5. The fourth-order valence-corrected chi connectivity index (χ4v) is 1.19. The molecule has 1 aromatic carbocycles. The number of halogens is 2. The summed E-state index contributed by atoms with van der Waals surface area (Å²) in [5.41, 5.74) is 0.250. The molecule has 0 bridgehead atoms. The van der Waals surface area contributed by atoms with Gasteiger partial charge in [0.1, 0.15) is 0 Å². The highest BCUT2D eigenvalue weighted by Gasteiger charge is 2.07. The number of benzene rings is 1. The molecule has 1 aromatic rings. The Morgan fingerprint density at radius 1 is 1.35 bits per heavy atom. The van der Waals surface area contributed by atoms with Crippen LogP contribution in [0.25, 0.3) is 0 Å². The first-order valence-corrected chi connectivity index (χ1v) is 5.51. The van der Waals surface area contributed by atoms with Crippen molar-refractivity contribution in [2.75, 3.05) is 11.9 Å². The molecule has 0 unspecified atom stereocenters. The highest BCUT2D eigenvalue weighted by Crippen LogP contribution is 2.12. The van der Waals surface area contributed by atoms with Gasteiger partial charge in [-0.2, -0.15) is 0 Å². The molecule has 1 rings (SSSR count). The lowest BCUT2D eigenvalue weighted by Gasteiger charge is -2.11. The van der Waals surface area contributed by atoms with Gasteiger partial charge in [0.05, 0.1) is 6.54 Å². The number of carbonyl (C=O) groups is 1. The van der Waals surface area contributed by atoms with E-state index in [9.17, 15) is 13.6 Å². The summed E-state index contributed by atoms with van der Waals surface area (Å²) in [4.78, 5) is 11.4. The quantitative estimate of drug-likeness (QED) is 0.831. The summed E-state index contributed by atoms with van der Waals surface area (Å²) in [6, 6.07) is 3.49. The molecule has 1 amide bonds. The molecule has 0 heterocycles. The first-order chi connectivity index (χ1) is 8.02. The second kappa shape index (κ2) is 6.30. The van der Waals surface area contributed by atoms with Crippen LogP contribution >= 0.6 is 0 Å².